The number of carbonyl (C=O) groups excluding carboxylic acids is 1. The topological polar surface area (TPSA) is 49.3 Å². The van der Waals surface area contributed by atoms with Crippen LogP contribution in [0.4, 0.5) is 4.39 Å². The highest BCUT2D eigenvalue weighted by atomic mass is 32.1. The van der Waals surface area contributed by atoms with Crippen LogP contribution in [0.2, 0.25) is 0 Å². The van der Waals surface area contributed by atoms with Gasteiger partial charge in [0.25, 0.3) is 5.91 Å². The van der Waals surface area contributed by atoms with Gasteiger partial charge >= 0.3 is 0 Å². The van der Waals surface area contributed by atoms with E-state index in [-0.39, 0.29) is 24.4 Å². The third-order valence-electron chi connectivity index (χ3n) is 2.75. The summed E-state index contributed by atoms with van der Waals surface area (Å²) in [5, 5.41) is 12.6. The summed E-state index contributed by atoms with van der Waals surface area (Å²) in [5.74, 6) is -0.532. The van der Waals surface area contributed by atoms with Crippen LogP contribution in [0.3, 0.4) is 0 Å². The van der Waals surface area contributed by atoms with Crippen molar-refractivity contribution in [2.24, 2.45) is 0 Å². The monoisotopic (exact) mass is 267 g/mol. The minimum Gasteiger partial charge on any atom is -0.394 e. The van der Waals surface area contributed by atoms with Gasteiger partial charge in [0.15, 0.2) is 0 Å². The number of halogens is 1. The number of hydrogen-bond donors (Lipinski definition) is 2. The molecule has 0 aliphatic heterocycles. The van der Waals surface area contributed by atoms with E-state index >= 15 is 0 Å². The molecule has 0 radical (unpaired) electrons. The Balaban J connectivity index is 2.23. The average Bonchev–Trinajstić information content (AvgIpc) is 2.78. The van der Waals surface area contributed by atoms with Gasteiger partial charge in [0.2, 0.25) is 0 Å². The Morgan fingerprint density at radius 2 is 2.28 bits per heavy atom. The molecule has 0 bridgehead atoms. The van der Waals surface area contributed by atoms with Crippen LogP contribution >= 0.6 is 11.3 Å². The SMILES string of the molecule is CC[C@H](CO)NC(=O)c1cc2ccc(F)cc2s1. The Hall–Kier alpha value is -1.46. The molecule has 3 nitrogen and oxygen atoms in total. The van der Waals surface area contributed by atoms with Gasteiger partial charge in [-0.1, -0.05) is 13.0 Å². The minimum absolute atomic E-state index is 0.0816. The van der Waals surface area contributed by atoms with E-state index < -0.39 is 0 Å². The van der Waals surface area contributed by atoms with Crippen molar-refractivity contribution < 1.29 is 14.3 Å². The van der Waals surface area contributed by atoms with Crippen molar-refractivity contribution in [1.29, 1.82) is 0 Å². The number of carbonyl (C=O) groups is 1. The van der Waals surface area contributed by atoms with Crippen LogP contribution < -0.4 is 5.32 Å². The predicted octanol–water partition coefficient (Wildman–Crippen LogP) is 2.54. The van der Waals surface area contributed by atoms with Crippen molar-refractivity contribution in [3.8, 4) is 0 Å². The molecular weight excluding hydrogens is 253 g/mol. The zero-order chi connectivity index (χ0) is 13.1. The predicted molar refractivity (Wildman–Crippen MR) is 70.4 cm³/mol. The summed E-state index contributed by atoms with van der Waals surface area (Å²) in [6, 6.07) is 5.94. The average molecular weight is 267 g/mol. The fourth-order valence-electron chi connectivity index (χ4n) is 1.65. The largest absolute Gasteiger partial charge is 0.394 e. The van der Waals surface area contributed by atoms with Crippen LogP contribution in [-0.2, 0) is 0 Å². The molecule has 1 amide bonds. The summed E-state index contributed by atoms with van der Waals surface area (Å²) in [7, 11) is 0. The molecule has 0 fully saturated rings. The third-order valence-corrected chi connectivity index (χ3v) is 3.85. The van der Waals surface area contributed by atoms with E-state index in [1.54, 1.807) is 12.1 Å². The molecule has 0 spiro atoms. The summed E-state index contributed by atoms with van der Waals surface area (Å²) in [5.41, 5.74) is 0. The van der Waals surface area contributed by atoms with Crippen LogP contribution in [0, 0.1) is 5.82 Å². The third kappa shape index (κ3) is 2.68. The summed E-state index contributed by atoms with van der Waals surface area (Å²) in [6.45, 7) is 1.81. The molecule has 5 heteroatoms. The maximum atomic E-state index is 13.0. The van der Waals surface area contributed by atoms with Crippen molar-refractivity contribution in [3.63, 3.8) is 0 Å². The zero-order valence-corrected chi connectivity index (χ0v) is 10.8. The molecule has 2 rings (SSSR count). The van der Waals surface area contributed by atoms with Crippen molar-refractivity contribution >= 4 is 27.3 Å². The summed E-state index contributed by atoms with van der Waals surface area (Å²) in [4.78, 5) is 12.5. The number of benzene rings is 1. The highest BCUT2D eigenvalue weighted by Crippen LogP contribution is 2.26. The molecule has 1 heterocycles. The van der Waals surface area contributed by atoms with Gasteiger partial charge in [-0.05, 0) is 30.0 Å². The van der Waals surface area contributed by atoms with Gasteiger partial charge in [-0.15, -0.1) is 11.3 Å². The molecule has 1 aromatic heterocycles. The van der Waals surface area contributed by atoms with E-state index in [0.29, 0.717) is 11.3 Å². The zero-order valence-electron chi connectivity index (χ0n) is 9.94. The molecular formula is C13H14FNO2S. The molecule has 2 aromatic rings. The second-order valence-corrected chi connectivity index (χ2v) is 5.14. The van der Waals surface area contributed by atoms with Gasteiger partial charge in [-0.25, -0.2) is 4.39 Å². The van der Waals surface area contributed by atoms with Crippen LogP contribution in [0.1, 0.15) is 23.0 Å². The molecule has 0 aliphatic carbocycles. The number of aliphatic hydroxyl groups is 1. The highest BCUT2D eigenvalue weighted by molar-refractivity contribution is 7.20. The lowest BCUT2D eigenvalue weighted by Crippen LogP contribution is -2.36. The van der Waals surface area contributed by atoms with E-state index in [9.17, 15) is 9.18 Å². The first-order valence-corrected chi connectivity index (χ1v) is 6.56. The Morgan fingerprint density at radius 3 is 2.94 bits per heavy atom. The fourth-order valence-corrected chi connectivity index (χ4v) is 2.64. The van der Waals surface area contributed by atoms with Gasteiger partial charge in [-0.3, -0.25) is 4.79 Å². The van der Waals surface area contributed by atoms with Crippen molar-refractivity contribution in [1.82, 2.24) is 5.32 Å². The van der Waals surface area contributed by atoms with E-state index in [1.807, 2.05) is 6.92 Å². The number of fused-ring (bicyclic) bond motifs is 1. The van der Waals surface area contributed by atoms with Crippen molar-refractivity contribution in [2.45, 2.75) is 19.4 Å². The first-order valence-electron chi connectivity index (χ1n) is 5.75. The highest BCUT2D eigenvalue weighted by Gasteiger charge is 2.14. The number of nitrogens with one attached hydrogen (secondary N) is 1. The number of hydrogen-bond acceptors (Lipinski definition) is 3. The second kappa shape index (κ2) is 5.46. The van der Waals surface area contributed by atoms with Crippen LogP contribution in [-0.4, -0.2) is 23.7 Å². The molecule has 0 unspecified atom stereocenters. The number of rotatable bonds is 4. The molecule has 96 valence electrons. The van der Waals surface area contributed by atoms with Crippen LogP contribution in [0.15, 0.2) is 24.3 Å². The lowest BCUT2D eigenvalue weighted by atomic mass is 10.2. The van der Waals surface area contributed by atoms with E-state index in [2.05, 4.69) is 5.32 Å². The number of amides is 1. The van der Waals surface area contributed by atoms with Gasteiger partial charge in [0, 0.05) is 4.70 Å². The van der Waals surface area contributed by atoms with E-state index in [0.717, 1.165) is 10.1 Å². The van der Waals surface area contributed by atoms with Crippen LogP contribution in [0.25, 0.3) is 10.1 Å². The Kier molecular flexibility index (Phi) is 3.93. The first kappa shape index (κ1) is 13.0. The molecule has 0 saturated heterocycles. The minimum atomic E-state index is -0.307. The summed E-state index contributed by atoms with van der Waals surface area (Å²) >= 11 is 1.25. The van der Waals surface area contributed by atoms with Crippen LogP contribution in [0.5, 0.6) is 0 Å². The van der Waals surface area contributed by atoms with Crippen molar-refractivity contribution in [2.75, 3.05) is 6.61 Å². The van der Waals surface area contributed by atoms with Gasteiger partial charge < -0.3 is 10.4 Å². The maximum absolute atomic E-state index is 13.0. The molecule has 1 aromatic carbocycles. The van der Waals surface area contributed by atoms with Gasteiger partial charge in [0.05, 0.1) is 17.5 Å². The van der Waals surface area contributed by atoms with Gasteiger partial charge in [-0.2, -0.15) is 0 Å². The molecule has 0 saturated carbocycles. The summed E-state index contributed by atoms with van der Waals surface area (Å²) in [6.07, 6.45) is 0.668. The molecule has 0 aliphatic rings. The molecule has 1 atom stereocenters. The number of aliphatic hydroxyl groups excluding tert-OH is 1. The van der Waals surface area contributed by atoms with Gasteiger partial charge in [0.1, 0.15) is 5.82 Å². The second-order valence-electron chi connectivity index (χ2n) is 4.05. The molecule has 18 heavy (non-hydrogen) atoms. The normalized spacial score (nSPS) is 12.6. The lowest BCUT2D eigenvalue weighted by molar-refractivity contribution is 0.0919. The molecule has 2 N–H and O–H groups in total. The number of thiophene rings is 1. The first-order chi connectivity index (χ1) is 8.63. The fraction of sp³-hybridized carbons (Fsp3) is 0.308. The Bertz CT molecular complexity index is 563. The Morgan fingerprint density at radius 1 is 1.50 bits per heavy atom. The quantitative estimate of drug-likeness (QED) is 0.894. The van der Waals surface area contributed by atoms with E-state index in [1.165, 1.54) is 23.5 Å². The smallest absolute Gasteiger partial charge is 0.261 e. The Labute approximate surface area is 108 Å². The van der Waals surface area contributed by atoms with E-state index in [4.69, 9.17) is 5.11 Å². The lowest BCUT2D eigenvalue weighted by Gasteiger charge is -2.12. The van der Waals surface area contributed by atoms with Crippen molar-refractivity contribution in [3.05, 3.63) is 35.0 Å². The summed E-state index contributed by atoms with van der Waals surface area (Å²) < 4.78 is 13.8. The standard InChI is InChI=1S/C13H14FNO2S/c1-2-10(7-16)15-13(17)12-5-8-3-4-9(14)6-11(8)18-12/h3-6,10,16H,2,7H2,1H3,(H,15,17)/t10-/m1/s1. The maximum Gasteiger partial charge on any atom is 0.261 e.